The first-order valence-corrected chi connectivity index (χ1v) is 12.8. The molecule has 4 nitrogen and oxygen atoms in total. The first-order valence-electron chi connectivity index (χ1n) is 12.8. The van der Waals surface area contributed by atoms with Crippen molar-refractivity contribution in [3.63, 3.8) is 0 Å². The Morgan fingerprint density at radius 2 is 1.59 bits per heavy atom. The van der Waals surface area contributed by atoms with Crippen molar-refractivity contribution in [2.45, 2.75) is 24.9 Å². The monoisotopic (exact) mass is 490 g/mol. The molecule has 0 aliphatic carbocycles. The highest BCUT2D eigenvalue weighted by atomic mass is 16.5. The summed E-state index contributed by atoms with van der Waals surface area (Å²) in [6, 6.07) is 33.1. The molecule has 0 saturated heterocycles. The van der Waals surface area contributed by atoms with Gasteiger partial charge in [0.05, 0.1) is 12.6 Å². The molecule has 0 radical (unpaired) electrons. The average molecular weight is 491 g/mol. The fourth-order valence-electron chi connectivity index (χ4n) is 5.45. The van der Waals surface area contributed by atoms with Crippen molar-refractivity contribution in [2.75, 3.05) is 27.7 Å². The molecule has 0 aliphatic heterocycles. The van der Waals surface area contributed by atoms with E-state index in [0.717, 1.165) is 38.4 Å². The zero-order valence-electron chi connectivity index (χ0n) is 22.0. The minimum Gasteiger partial charge on any atom is -0.481 e. The maximum atomic E-state index is 13.0. The summed E-state index contributed by atoms with van der Waals surface area (Å²) in [5.74, 6) is 0.125. The van der Waals surface area contributed by atoms with Gasteiger partial charge < -0.3 is 14.7 Å². The van der Waals surface area contributed by atoms with E-state index in [2.05, 4.69) is 66.4 Å². The summed E-state index contributed by atoms with van der Waals surface area (Å²) in [4.78, 5) is 7.02. The molecule has 0 spiro atoms. The number of aryl methyl sites for hydroxylation is 1. The Kier molecular flexibility index (Phi) is 6.96. The molecule has 0 bridgehead atoms. The van der Waals surface area contributed by atoms with Crippen molar-refractivity contribution in [3.8, 4) is 5.88 Å². The van der Waals surface area contributed by atoms with E-state index in [4.69, 9.17) is 9.72 Å². The molecule has 4 heteroatoms. The summed E-state index contributed by atoms with van der Waals surface area (Å²) in [6.45, 7) is 2.80. The Labute approximate surface area is 219 Å². The number of aromatic nitrogens is 1. The maximum Gasteiger partial charge on any atom is 0.217 e. The number of rotatable bonds is 8. The lowest BCUT2D eigenvalue weighted by Gasteiger charge is -2.39. The van der Waals surface area contributed by atoms with Gasteiger partial charge in [0.15, 0.2) is 0 Å². The topological polar surface area (TPSA) is 45.6 Å². The normalized spacial score (nSPS) is 14.1. The highest BCUT2D eigenvalue weighted by Crippen LogP contribution is 2.48. The minimum absolute atomic E-state index is 0.410. The summed E-state index contributed by atoms with van der Waals surface area (Å²) >= 11 is 0. The first-order chi connectivity index (χ1) is 17.9. The average Bonchev–Trinajstić information content (AvgIpc) is 2.92. The van der Waals surface area contributed by atoms with Crippen molar-refractivity contribution in [3.05, 3.63) is 119 Å². The minimum atomic E-state index is -1.24. The molecule has 188 valence electrons. The van der Waals surface area contributed by atoms with Crippen LogP contribution in [0, 0.1) is 6.92 Å². The number of nitrogens with zero attached hydrogens (tertiary/aromatic N) is 2. The van der Waals surface area contributed by atoms with Gasteiger partial charge in [-0.1, -0.05) is 84.4 Å². The van der Waals surface area contributed by atoms with E-state index >= 15 is 0 Å². The lowest BCUT2D eigenvalue weighted by atomic mass is 9.70. The molecule has 0 aliphatic rings. The summed E-state index contributed by atoms with van der Waals surface area (Å²) in [5, 5.41) is 16.2. The second-order valence-corrected chi connectivity index (χ2v) is 10.1. The highest BCUT2D eigenvalue weighted by Gasteiger charge is 2.43. The van der Waals surface area contributed by atoms with Crippen LogP contribution < -0.4 is 4.74 Å². The van der Waals surface area contributed by atoms with E-state index in [0.29, 0.717) is 18.8 Å². The Morgan fingerprint density at radius 1 is 0.865 bits per heavy atom. The van der Waals surface area contributed by atoms with Gasteiger partial charge >= 0.3 is 0 Å². The lowest BCUT2D eigenvalue weighted by molar-refractivity contribution is 0.00520. The molecule has 37 heavy (non-hydrogen) atoms. The largest absolute Gasteiger partial charge is 0.481 e. The smallest absolute Gasteiger partial charge is 0.217 e. The molecule has 0 fully saturated rings. The van der Waals surface area contributed by atoms with E-state index in [9.17, 15) is 5.11 Å². The zero-order chi connectivity index (χ0) is 26.0. The third-order valence-corrected chi connectivity index (χ3v) is 7.27. The molecule has 0 amide bonds. The van der Waals surface area contributed by atoms with Crippen LogP contribution in [0.3, 0.4) is 0 Å². The molecule has 5 rings (SSSR count). The van der Waals surface area contributed by atoms with E-state index < -0.39 is 11.5 Å². The van der Waals surface area contributed by atoms with Crippen LogP contribution in [0.15, 0.2) is 97.1 Å². The van der Waals surface area contributed by atoms with Crippen LogP contribution >= 0.6 is 0 Å². The van der Waals surface area contributed by atoms with Gasteiger partial charge in [-0.15, -0.1) is 0 Å². The number of ether oxygens (including phenoxy) is 1. The molecule has 1 heterocycles. The van der Waals surface area contributed by atoms with Crippen molar-refractivity contribution in [1.82, 2.24) is 9.88 Å². The number of fused-ring (bicyclic) bond motifs is 2. The van der Waals surface area contributed by atoms with Crippen LogP contribution in [0.2, 0.25) is 0 Å². The fourth-order valence-corrected chi connectivity index (χ4v) is 5.45. The number of benzene rings is 4. The number of hydrogen-bond acceptors (Lipinski definition) is 4. The van der Waals surface area contributed by atoms with Gasteiger partial charge in [-0.2, -0.15) is 0 Å². The highest BCUT2D eigenvalue weighted by molar-refractivity contribution is 5.87. The van der Waals surface area contributed by atoms with Crippen molar-refractivity contribution in [2.24, 2.45) is 0 Å². The van der Waals surface area contributed by atoms with Gasteiger partial charge in [0.1, 0.15) is 5.60 Å². The molecule has 0 saturated carbocycles. The number of methoxy groups -OCH3 is 1. The van der Waals surface area contributed by atoms with E-state index in [1.165, 1.54) is 5.56 Å². The SMILES string of the molecule is COc1nc2ccc(C)cc2cc1[C@@H](c1ccccc1)[C@@](O)(CCN(C)C)c1cccc2ccccc12. The van der Waals surface area contributed by atoms with Crippen LogP contribution in [0.25, 0.3) is 21.7 Å². The molecular formula is C33H34N2O2. The summed E-state index contributed by atoms with van der Waals surface area (Å²) in [5.41, 5.74) is 3.61. The van der Waals surface area contributed by atoms with Crippen molar-refractivity contribution in [1.29, 1.82) is 0 Å². The van der Waals surface area contributed by atoms with Crippen LogP contribution in [-0.2, 0) is 5.60 Å². The molecule has 1 N–H and O–H groups in total. The summed E-state index contributed by atoms with van der Waals surface area (Å²) < 4.78 is 5.90. The van der Waals surface area contributed by atoms with Gasteiger partial charge in [-0.3, -0.25) is 0 Å². The van der Waals surface area contributed by atoms with Crippen LogP contribution in [0.5, 0.6) is 5.88 Å². The van der Waals surface area contributed by atoms with Crippen LogP contribution in [-0.4, -0.2) is 42.7 Å². The fraction of sp³-hybridized carbons (Fsp3) is 0.242. The van der Waals surface area contributed by atoms with E-state index in [-0.39, 0.29) is 0 Å². The summed E-state index contributed by atoms with van der Waals surface area (Å²) in [6.07, 6.45) is 0.530. The number of hydrogen-bond donors (Lipinski definition) is 1. The molecule has 2 atom stereocenters. The maximum absolute atomic E-state index is 13.0. The Hall–Kier alpha value is -3.73. The lowest BCUT2D eigenvalue weighted by Crippen LogP contribution is -2.38. The first kappa shape index (κ1) is 24.9. The van der Waals surface area contributed by atoms with Crippen LogP contribution in [0.4, 0.5) is 0 Å². The molecule has 0 unspecified atom stereocenters. The summed E-state index contributed by atoms with van der Waals surface area (Å²) in [7, 11) is 5.74. The standard InChI is InChI=1S/C33H34N2O2/c1-23-17-18-30-26(21-23)22-28(32(34-30)37-4)31(25-12-6-5-7-13-25)33(36,19-20-35(2)3)29-16-10-14-24-11-8-9-15-27(24)29/h5-18,21-22,31,36H,19-20H2,1-4H3/t31-,33-/m1/s1. The second-order valence-electron chi connectivity index (χ2n) is 10.1. The van der Waals surface area contributed by atoms with Gasteiger partial charge in [0, 0.05) is 23.4 Å². The van der Waals surface area contributed by atoms with Gasteiger partial charge in [0.25, 0.3) is 0 Å². The van der Waals surface area contributed by atoms with Crippen molar-refractivity contribution >= 4 is 21.7 Å². The van der Waals surface area contributed by atoms with Gasteiger partial charge in [-0.05, 0) is 67.5 Å². The van der Waals surface area contributed by atoms with E-state index in [1.54, 1.807) is 7.11 Å². The Morgan fingerprint density at radius 3 is 2.35 bits per heavy atom. The molecular weight excluding hydrogens is 456 g/mol. The predicted molar refractivity (Wildman–Crippen MR) is 152 cm³/mol. The Balaban J connectivity index is 1.84. The third kappa shape index (κ3) is 4.83. The van der Waals surface area contributed by atoms with E-state index in [1.807, 2.05) is 56.6 Å². The zero-order valence-corrected chi connectivity index (χ0v) is 22.0. The molecule has 1 aromatic heterocycles. The third-order valence-electron chi connectivity index (χ3n) is 7.27. The van der Waals surface area contributed by atoms with Crippen molar-refractivity contribution < 1.29 is 9.84 Å². The Bertz CT molecular complexity index is 1530. The second kappa shape index (κ2) is 10.3. The van der Waals surface area contributed by atoms with Crippen LogP contribution in [0.1, 0.15) is 34.6 Å². The number of aliphatic hydroxyl groups is 1. The number of pyridine rings is 1. The predicted octanol–water partition coefficient (Wildman–Crippen LogP) is 6.68. The van der Waals surface area contributed by atoms with Gasteiger partial charge in [0.2, 0.25) is 5.88 Å². The quantitative estimate of drug-likeness (QED) is 0.264. The molecule has 4 aromatic carbocycles. The molecule has 5 aromatic rings. The van der Waals surface area contributed by atoms with Gasteiger partial charge in [-0.25, -0.2) is 4.98 Å².